The van der Waals surface area contributed by atoms with Gasteiger partial charge < -0.3 is 15.5 Å². The van der Waals surface area contributed by atoms with Crippen LogP contribution in [0.2, 0.25) is 0 Å². The maximum atomic E-state index is 12.1. The molecule has 0 aliphatic heterocycles. The minimum atomic E-state index is -2.45. The monoisotopic (exact) mass is 305 g/mol. The fraction of sp³-hybridized carbons (Fsp3) is 0.250. The Labute approximate surface area is 120 Å². The van der Waals surface area contributed by atoms with Gasteiger partial charge in [0.2, 0.25) is 0 Å². The van der Waals surface area contributed by atoms with Crippen LogP contribution in [0.3, 0.4) is 0 Å². The number of phenols is 2. The number of hydrogen-bond acceptors (Lipinski definition) is 4. The van der Waals surface area contributed by atoms with Gasteiger partial charge in [-0.15, -0.1) is 12.4 Å². The average molecular weight is 306 g/mol. The zero-order valence-electron chi connectivity index (χ0n) is 10.3. The Kier molecular flexibility index (Phi) is 5.57. The zero-order valence-corrected chi connectivity index (χ0v) is 11.1. The molecule has 2 aromatic rings. The van der Waals surface area contributed by atoms with Crippen LogP contribution in [0.4, 0.5) is 14.5 Å². The Balaban J connectivity index is 0.00000200. The van der Waals surface area contributed by atoms with E-state index in [0.29, 0.717) is 17.8 Å². The van der Waals surface area contributed by atoms with E-state index in [-0.39, 0.29) is 23.9 Å². The Hall–Kier alpha value is -2.02. The molecule has 2 rings (SSSR count). The maximum absolute atomic E-state index is 12.1. The molecule has 0 radical (unpaired) electrons. The molecule has 1 aromatic heterocycles. The van der Waals surface area contributed by atoms with Gasteiger partial charge in [0, 0.05) is 24.4 Å². The van der Waals surface area contributed by atoms with Crippen molar-refractivity contribution in [2.24, 2.45) is 0 Å². The summed E-state index contributed by atoms with van der Waals surface area (Å²) in [5.74, 6) is -0.0570. The summed E-state index contributed by atoms with van der Waals surface area (Å²) < 4.78 is 25.4. The number of hydrogen-bond donors (Lipinski definition) is 3. The van der Waals surface area contributed by atoms with Crippen LogP contribution in [0.1, 0.15) is 5.56 Å². The van der Waals surface area contributed by atoms with E-state index >= 15 is 0 Å². The van der Waals surface area contributed by atoms with Gasteiger partial charge in [-0.25, -0.2) is 8.78 Å². The molecule has 20 heavy (non-hydrogen) atoms. The first kappa shape index (κ1) is 16.0. The van der Waals surface area contributed by atoms with E-state index < -0.39 is 13.0 Å². The zero-order chi connectivity index (χ0) is 13.8. The van der Waals surface area contributed by atoms with E-state index in [4.69, 9.17) is 5.11 Å². The molecular weight excluding hydrogens is 292 g/mol. The quantitative estimate of drug-likeness (QED) is 0.794. The molecule has 0 spiro atoms. The Morgan fingerprint density at radius 2 is 2.05 bits per heavy atom. The predicted molar refractivity (Wildman–Crippen MR) is 72.6 cm³/mol. The summed E-state index contributed by atoms with van der Waals surface area (Å²) in [6.45, 7) is -0.154. The van der Waals surface area contributed by atoms with Crippen molar-refractivity contribution in [1.29, 1.82) is 0 Å². The molecule has 3 N–H and O–H groups in total. The number of phenolic OH excluding ortho intramolecular Hbond substituents is 2. The molecule has 0 atom stereocenters. The number of halogens is 3. The van der Waals surface area contributed by atoms with Crippen LogP contribution >= 0.6 is 12.4 Å². The van der Waals surface area contributed by atoms with Crippen molar-refractivity contribution in [2.75, 3.05) is 5.32 Å². The number of aromatic hydroxyl groups is 2. The molecule has 0 amide bonds. The lowest BCUT2D eigenvalue weighted by Crippen LogP contribution is -2.06. The minimum absolute atomic E-state index is 0. The summed E-state index contributed by atoms with van der Waals surface area (Å²) >= 11 is 0. The number of nitrogens with zero attached hydrogens (tertiary/aromatic N) is 2. The van der Waals surface area contributed by atoms with Crippen molar-refractivity contribution in [1.82, 2.24) is 9.78 Å². The normalized spacial score (nSPS) is 10.3. The van der Waals surface area contributed by atoms with Crippen LogP contribution in [0.15, 0.2) is 30.6 Å². The maximum Gasteiger partial charge on any atom is 0.257 e. The Morgan fingerprint density at radius 1 is 1.30 bits per heavy atom. The Bertz CT molecular complexity index is 563. The van der Waals surface area contributed by atoms with Crippen molar-refractivity contribution in [2.45, 2.75) is 19.5 Å². The van der Waals surface area contributed by atoms with Crippen molar-refractivity contribution in [3.8, 4) is 11.5 Å². The molecular formula is C12H14ClF2N3O2. The molecule has 110 valence electrons. The van der Waals surface area contributed by atoms with Crippen molar-refractivity contribution in [3.05, 3.63) is 36.2 Å². The van der Waals surface area contributed by atoms with E-state index in [9.17, 15) is 13.9 Å². The second-order valence-electron chi connectivity index (χ2n) is 4.01. The van der Waals surface area contributed by atoms with Crippen LogP contribution in [-0.2, 0) is 13.1 Å². The molecule has 0 saturated carbocycles. The highest BCUT2D eigenvalue weighted by Crippen LogP contribution is 2.23. The smallest absolute Gasteiger partial charge is 0.257 e. The highest BCUT2D eigenvalue weighted by molar-refractivity contribution is 5.85. The summed E-state index contributed by atoms with van der Waals surface area (Å²) in [5.41, 5.74) is 1.16. The first-order valence-corrected chi connectivity index (χ1v) is 5.60. The fourth-order valence-electron chi connectivity index (χ4n) is 1.60. The second kappa shape index (κ2) is 6.95. The molecule has 0 aliphatic carbocycles. The lowest BCUT2D eigenvalue weighted by molar-refractivity contribution is 0.122. The van der Waals surface area contributed by atoms with E-state index in [0.717, 1.165) is 4.68 Å². The third-order valence-electron chi connectivity index (χ3n) is 2.51. The molecule has 1 heterocycles. The highest BCUT2D eigenvalue weighted by atomic mass is 35.5. The lowest BCUT2D eigenvalue weighted by atomic mass is 10.2. The molecule has 0 unspecified atom stereocenters. The van der Waals surface area contributed by atoms with Gasteiger partial charge in [-0.05, 0) is 12.1 Å². The van der Waals surface area contributed by atoms with E-state index in [1.54, 1.807) is 6.07 Å². The first-order valence-electron chi connectivity index (χ1n) is 5.60. The predicted octanol–water partition coefficient (Wildman–Crippen LogP) is 2.59. The van der Waals surface area contributed by atoms with E-state index in [2.05, 4.69) is 10.4 Å². The molecule has 1 aromatic carbocycles. The number of anilines is 1. The van der Waals surface area contributed by atoms with E-state index in [1.807, 2.05) is 0 Å². The number of alkyl halides is 2. The van der Waals surface area contributed by atoms with Crippen LogP contribution in [0.25, 0.3) is 0 Å². The first-order chi connectivity index (χ1) is 9.04. The molecule has 0 fully saturated rings. The topological polar surface area (TPSA) is 70.3 Å². The third-order valence-corrected chi connectivity index (χ3v) is 2.51. The van der Waals surface area contributed by atoms with Gasteiger partial charge in [0.15, 0.2) is 0 Å². The van der Waals surface area contributed by atoms with Gasteiger partial charge in [-0.3, -0.25) is 4.68 Å². The number of rotatable bonds is 5. The molecule has 8 heteroatoms. The fourth-order valence-corrected chi connectivity index (χ4v) is 1.60. The van der Waals surface area contributed by atoms with Gasteiger partial charge >= 0.3 is 0 Å². The van der Waals surface area contributed by atoms with E-state index in [1.165, 1.54) is 24.5 Å². The average Bonchev–Trinajstić information content (AvgIpc) is 2.74. The Morgan fingerprint density at radius 3 is 2.70 bits per heavy atom. The summed E-state index contributed by atoms with van der Waals surface area (Å²) in [6.07, 6.45) is 0.442. The summed E-state index contributed by atoms with van der Waals surface area (Å²) in [7, 11) is 0. The minimum Gasteiger partial charge on any atom is -0.508 e. The summed E-state index contributed by atoms with van der Waals surface area (Å²) in [6, 6.07) is 4.26. The van der Waals surface area contributed by atoms with Gasteiger partial charge in [0.25, 0.3) is 6.43 Å². The van der Waals surface area contributed by atoms with Crippen LogP contribution in [0.5, 0.6) is 11.5 Å². The second-order valence-corrected chi connectivity index (χ2v) is 4.01. The summed E-state index contributed by atoms with van der Waals surface area (Å²) in [4.78, 5) is 0. The van der Waals surface area contributed by atoms with Crippen molar-refractivity contribution >= 4 is 18.1 Å². The lowest BCUT2D eigenvalue weighted by Gasteiger charge is -2.06. The van der Waals surface area contributed by atoms with Crippen molar-refractivity contribution in [3.63, 3.8) is 0 Å². The van der Waals surface area contributed by atoms with Gasteiger partial charge in [-0.1, -0.05) is 0 Å². The standard InChI is InChI=1S/C12H13F2N3O2.ClH/c13-12(14)7-17-6-9(5-16-17)15-4-8-1-2-10(18)3-11(8)19;/h1-3,5-6,12,15,18-19H,4,7H2;1H. The van der Waals surface area contributed by atoms with Crippen molar-refractivity contribution < 1.29 is 19.0 Å². The molecule has 0 saturated heterocycles. The molecule has 0 aliphatic rings. The summed E-state index contributed by atoms with van der Waals surface area (Å²) in [5, 5.41) is 25.4. The van der Waals surface area contributed by atoms with Gasteiger partial charge in [0.1, 0.15) is 18.0 Å². The molecule has 5 nitrogen and oxygen atoms in total. The van der Waals surface area contributed by atoms with Crippen LogP contribution in [-0.4, -0.2) is 26.4 Å². The van der Waals surface area contributed by atoms with Crippen LogP contribution in [0, 0.1) is 0 Å². The number of benzene rings is 1. The number of nitrogens with one attached hydrogen (secondary N) is 1. The molecule has 0 bridgehead atoms. The van der Waals surface area contributed by atoms with Gasteiger partial charge in [0.05, 0.1) is 11.9 Å². The number of aromatic nitrogens is 2. The van der Waals surface area contributed by atoms with Gasteiger partial charge in [-0.2, -0.15) is 5.10 Å². The largest absolute Gasteiger partial charge is 0.508 e. The third kappa shape index (κ3) is 4.27. The SMILES string of the molecule is Cl.Oc1ccc(CNc2cnn(CC(F)F)c2)c(O)c1. The van der Waals surface area contributed by atoms with Crippen LogP contribution < -0.4 is 5.32 Å². The highest BCUT2D eigenvalue weighted by Gasteiger charge is 2.06.